The molecule has 1 atom stereocenters. The first-order chi connectivity index (χ1) is 9.69. The largest absolute Gasteiger partial charge is 0.458 e. The average molecular weight is 315 g/mol. The van der Waals surface area contributed by atoms with Crippen molar-refractivity contribution in [3.05, 3.63) is 12.7 Å². The molecular formula is C15H25NO4S. The number of thioether (sulfide) groups is 1. The molecule has 0 aromatic rings. The van der Waals surface area contributed by atoms with Gasteiger partial charge in [0.2, 0.25) is 5.91 Å². The average Bonchev–Trinajstić information content (AvgIpc) is 2.38. The van der Waals surface area contributed by atoms with Crippen molar-refractivity contribution in [2.24, 2.45) is 0 Å². The molecule has 0 spiro atoms. The molecule has 0 aliphatic rings. The second kappa shape index (κ2) is 9.60. The fourth-order valence-corrected chi connectivity index (χ4v) is 1.81. The van der Waals surface area contributed by atoms with E-state index in [1.54, 1.807) is 33.1 Å². The number of hydrogen-bond donors (Lipinski definition) is 1. The van der Waals surface area contributed by atoms with E-state index in [2.05, 4.69) is 11.9 Å². The lowest BCUT2D eigenvalue weighted by Crippen LogP contribution is -2.44. The molecule has 0 bridgehead atoms. The summed E-state index contributed by atoms with van der Waals surface area (Å²) >= 11 is 1.11. The van der Waals surface area contributed by atoms with Crippen molar-refractivity contribution in [2.75, 3.05) is 6.26 Å². The van der Waals surface area contributed by atoms with Crippen LogP contribution in [0.15, 0.2) is 12.7 Å². The van der Waals surface area contributed by atoms with Gasteiger partial charge >= 0.3 is 5.97 Å². The third-order valence-electron chi connectivity index (χ3n) is 2.47. The van der Waals surface area contributed by atoms with Crippen LogP contribution in [0.25, 0.3) is 0 Å². The van der Waals surface area contributed by atoms with Gasteiger partial charge in [0.15, 0.2) is 5.12 Å². The van der Waals surface area contributed by atoms with Crippen LogP contribution in [0.1, 0.15) is 46.5 Å². The van der Waals surface area contributed by atoms with E-state index in [1.165, 1.54) is 0 Å². The summed E-state index contributed by atoms with van der Waals surface area (Å²) in [6.07, 6.45) is 4.59. The standard InChI is InChI=1S/C15H25NO4S/c1-6-7-8-12(17)16-11(9-10-13(18)21-5)14(19)20-15(2,3)4/h6,11H,1,7-10H2,2-5H3,(H,16,17)/t11-/m0/s1. The highest BCUT2D eigenvalue weighted by atomic mass is 32.2. The van der Waals surface area contributed by atoms with Crippen molar-refractivity contribution in [3.63, 3.8) is 0 Å². The number of ether oxygens (including phenoxy) is 1. The van der Waals surface area contributed by atoms with Crippen LogP contribution in [0.5, 0.6) is 0 Å². The first-order valence-electron chi connectivity index (χ1n) is 6.89. The van der Waals surface area contributed by atoms with Gasteiger partial charge in [-0.25, -0.2) is 4.79 Å². The molecule has 0 aromatic carbocycles. The molecule has 1 N–H and O–H groups in total. The minimum absolute atomic E-state index is 0.0242. The van der Waals surface area contributed by atoms with Gasteiger partial charge in [-0.05, 0) is 39.9 Å². The smallest absolute Gasteiger partial charge is 0.329 e. The zero-order chi connectivity index (χ0) is 16.5. The highest BCUT2D eigenvalue weighted by Crippen LogP contribution is 2.12. The quantitative estimate of drug-likeness (QED) is 0.550. The molecule has 0 saturated heterocycles. The molecule has 0 aromatic heterocycles. The summed E-state index contributed by atoms with van der Waals surface area (Å²) in [7, 11) is 0. The first kappa shape index (κ1) is 19.7. The minimum Gasteiger partial charge on any atom is -0.458 e. The Morgan fingerprint density at radius 3 is 2.38 bits per heavy atom. The van der Waals surface area contributed by atoms with Gasteiger partial charge in [0.05, 0.1) is 0 Å². The lowest BCUT2D eigenvalue weighted by Gasteiger charge is -2.24. The fourth-order valence-electron chi connectivity index (χ4n) is 1.49. The third kappa shape index (κ3) is 10.1. The third-order valence-corrected chi connectivity index (χ3v) is 3.13. The van der Waals surface area contributed by atoms with Gasteiger partial charge in [-0.1, -0.05) is 17.8 Å². The maximum Gasteiger partial charge on any atom is 0.329 e. The van der Waals surface area contributed by atoms with Crippen LogP contribution in [0.2, 0.25) is 0 Å². The molecule has 6 heteroatoms. The number of amides is 1. The highest BCUT2D eigenvalue weighted by Gasteiger charge is 2.26. The zero-order valence-electron chi connectivity index (χ0n) is 13.2. The molecule has 0 aliphatic heterocycles. The highest BCUT2D eigenvalue weighted by molar-refractivity contribution is 8.13. The van der Waals surface area contributed by atoms with Gasteiger partial charge in [-0.15, -0.1) is 6.58 Å². The molecule has 0 saturated carbocycles. The Kier molecular flexibility index (Phi) is 9.01. The Bertz CT molecular complexity index is 388. The lowest BCUT2D eigenvalue weighted by atomic mass is 10.1. The predicted octanol–water partition coefficient (Wildman–Crippen LogP) is 2.45. The molecule has 0 fully saturated rings. The van der Waals surface area contributed by atoms with Crippen molar-refractivity contribution in [1.29, 1.82) is 0 Å². The summed E-state index contributed by atoms with van der Waals surface area (Å²) in [5, 5.41) is 2.61. The van der Waals surface area contributed by atoms with E-state index < -0.39 is 17.6 Å². The van der Waals surface area contributed by atoms with Crippen molar-refractivity contribution in [2.45, 2.75) is 58.1 Å². The van der Waals surface area contributed by atoms with Crippen molar-refractivity contribution >= 4 is 28.8 Å². The van der Waals surface area contributed by atoms with Gasteiger partial charge in [0, 0.05) is 12.8 Å². The SMILES string of the molecule is C=CCCC(=O)N[C@@H](CCC(=O)SC)C(=O)OC(C)(C)C. The molecule has 0 radical (unpaired) electrons. The molecular weight excluding hydrogens is 290 g/mol. The van der Waals surface area contributed by atoms with E-state index >= 15 is 0 Å². The van der Waals surface area contributed by atoms with Crippen LogP contribution < -0.4 is 5.32 Å². The number of carbonyl (C=O) groups is 3. The molecule has 1 amide bonds. The minimum atomic E-state index is -0.794. The van der Waals surface area contributed by atoms with Crippen molar-refractivity contribution in [1.82, 2.24) is 5.32 Å². The first-order valence-corrected chi connectivity index (χ1v) is 8.12. The van der Waals surface area contributed by atoms with Crippen molar-refractivity contribution < 1.29 is 19.1 Å². The number of rotatable bonds is 8. The predicted molar refractivity (Wildman–Crippen MR) is 85.0 cm³/mol. The summed E-state index contributed by atoms with van der Waals surface area (Å²) in [4.78, 5) is 35.2. The van der Waals surface area contributed by atoms with Gasteiger partial charge < -0.3 is 10.1 Å². The number of allylic oxidation sites excluding steroid dienone is 1. The van der Waals surface area contributed by atoms with Crippen LogP contribution >= 0.6 is 11.8 Å². The molecule has 21 heavy (non-hydrogen) atoms. The number of hydrogen-bond acceptors (Lipinski definition) is 5. The molecule has 120 valence electrons. The van der Waals surface area contributed by atoms with Crippen LogP contribution in [0, 0.1) is 0 Å². The van der Waals surface area contributed by atoms with Gasteiger partial charge in [-0.2, -0.15) is 0 Å². The molecule has 5 nitrogen and oxygen atoms in total. The van der Waals surface area contributed by atoms with E-state index in [0.29, 0.717) is 6.42 Å². The topological polar surface area (TPSA) is 72.5 Å². The fraction of sp³-hybridized carbons (Fsp3) is 0.667. The second-order valence-electron chi connectivity index (χ2n) is 5.60. The van der Waals surface area contributed by atoms with Crippen molar-refractivity contribution in [3.8, 4) is 0 Å². The Hall–Kier alpha value is -1.30. The molecule has 0 unspecified atom stereocenters. The summed E-state index contributed by atoms with van der Waals surface area (Å²) in [5.74, 6) is -0.759. The monoisotopic (exact) mass is 315 g/mol. The number of carbonyl (C=O) groups excluding carboxylic acids is 3. The van der Waals surface area contributed by atoms with E-state index in [1.807, 2.05) is 0 Å². The van der Waals surface area contributed by atoms with Gasteiger partial charge in [-0.3, -0.25) is 9.59 Å². The normalized spacial score (nSPS) is 12.4. The van der Waals surface area contributed by atoms with Gasteiger partial charge in [0.25, 0.3) is 0 Å². The maximum atomic E-state index is 12.1. The van der Waals surface area contributed by atoms with E-state index in [0.717, 1.165) is 11.8 Å². The Labute approximate surface area is 130 Å². The van der Waals surface area contributed by atoms with E-state index in [4.69, 9.17) is 4.74 Å². The number of esters is 1. The maximum absolute atomic E-state index is 12.1. The molecule has 0 rings (SSSR count). The van der Waals surface area contributed by atoms with E-state index in [9.17, 15) is 14.4 Å². The Morgan fingerprint density at radius 1 is 1.29 bits per heavy atom. The summed E-state index contributed by atoms with van der Waals surface area (Å²) in [5.41, 5.74) is -0.634. The second-order valence-corrected chi connectivity index (χ2v) is 6.46. The summed E-state index contributed by atoms with van der Waals surface area (Å²) < 4.78 is 5.28. The summed E-state index contributed by atoms with van der Waals surface area (Å²) in [6, 6.07) is -0.794. The Balaban J connectivity index is 4.67. The van der Waals surface area contributed by atoms with Crippen LogP contribution in [-0.2, 0) is 19.1 Å². The van der Waals surface area contributed by atoms with Gasteiger partial charge in [0.1, 0.15) is 11.6 Å². The molecule has 0 heterocycles. The summed E-state index contributed by atoms with van der Waals surface area (Å²) in [6.45, 7) is 8.82. The molecule has 0 aliphatic carbocycles. The number of nitrogens with one attached hydrogen (secondary N) is 1. The zero-order valence-corrected chi connectivity index (χ0v) is 14.0. The van der Waals surface area contributed by atoms with Crippen LogP contribution in [0.4, 0.5) is 0 Å². The Morgan fingerprint density at radius 2 is 1.90 bits per heavy atom. The lowest BCUT2D eigenvalue weighted by molar-refractivity contribution is -0.158. The van der Waals surface area contributed by atoms with E-state index in [-0.39, 0.29) is 30.3 Å². The van der Waals surface area contributed by atoms with Crippen LogP contribution in [0.3, 0.4) is 0 Å². The van der Waals surface area contributed by atoms with Crippen LogP contribution in [-0.4, -0.2) is 34.9 Å².